The molecular formula is C26H23N3O5. The summed E-state index contributed by atoms with van der Waals surface area (Å²) in [5.74, 6) is -1.63. The van der Waals surface area contributed by atoms with Gasteiger partial charge in [0.15, 0.2) is 0 Å². The molecule has 0 aliphatic heterocycles. The smallest absolute Gasteiger partial charge is 0.408 e. The third-order valence-electron chi connectivity index (χ3n) is 6.57. The number of alkyl carbamates (subject to hydrolysis) is 1. The van der Waals surface area contributed by atoms with Crippen LogP contribution in [0, 0.1) is 0 Å². The fourth-order valence-corrected chi connectivity index (χ4v) is 4.65. The zero-order valence-corrected chi connectivity index (χ0v) is 18.3. The summed E-state index contributed by atoms with van der Waals surface area (Å²) in [5.41, 5.74) is 3.62. The van der Waals surface area contributed by atoms with E-state index in [0.29, 0.717) is 12.8 Å². The molecule has 2 aliphatic rings. The fourth-order valence-electron chi connectivity index (χ4n) is 4.65. The molecule has 0 bridgehead atoms. The van der Waals surface area contributed by atoms with Crippen LogP contribution in [0.3, 0.4) is 0 Å². The fraction of sp³-hybridized carbons (Fsp3) is 0.231. The Balaban J connectivity index is 1.26. The van der Waals surface area contributed by atoms with Crippen LogP contribution in [0.5, 0.6) is 0 Å². The van der Waals surface area contributed by atoms with Crippen LogP contribution in [0.15, 0.2) is 67.0 Å². The second-order valence-corrected chi connectivity index (χ2v) is 8.61. The highest BCUT2D eigenvalue weighted by Crippen LogP contribution is 2.44. The first kappa shape index (κ1) is 21.6. The summed E-state index contributed by atoms with van der Waals surface area (Å²) in [7, 11) is 0. The van der Waals surface area contributed by atoms with Crippen molar-refractivity contribution in [3.8, 4) is 11.1 Å². The van der Waals surface area contributed by atoms with Gasteiger partial charge in [0.25, 0.3) is 0 Å². The van der Waals surface area contributed by atoms with E-state index in [1.807, 2.05) is 36.4 Å². The van der Waals surface area contributed by atoms with Crippen molar-refractivity contribution >= 4 is 23.7 Å². The van der Waals surface area contributed by atoms with E-state index in [0.717, 1.165) is 28.7 Å². The van der Waals surface area contributed by atoms with Gasteiger partial charge in [0.05, 0.1) is 17.4 Å². The summed E-state index contributed by atoms with van der Waals surface area (Å²) in [4.78, 5) is 40.7. The molecule has 1 saturated carbocycles. The summed E-state index contributed by atoms with van der Waals surface area (Å²) in [6, 6.07) is 17.5. The molecular weight excluding hydrogens is 434 g/mol. The first-order chi connectivity index (χ1) is 16.5. The van der Waals surface area contributed by atoms with E-state index < -0.39 is 23.5 Å². The van der Waals surface area contributed by atoms with Gasteiger partial charge in [-0.15, -0.1) is 0 Å². The van der Waals surface area contributed by atoms with E-state index in [2.05, 4.69) is 27.8 Å². The van der Waals surface area contributed by atoms with Crippen molar-refractivity contribution in [1.82, 2.24) is 10.3 Å². The first-order valence-corrected chi connectivity index (χ1v) is 11.1. The van der Waals surface area contributed by atoms with Gasteiger partial charge < -0.3 is 20.5 Å². The average Bonchev–Trinajstić information content (AvgIpc) is 3.14. The van der Waals surface area contributed by atoms with E-state index in [-0.39, 0.29) is 23.8 Å². The normalized spacial score (nSPS) is 15.4. The minimum atomic E-state index is -1.14. The molecule has 34 heavy (non-hydrogen) atoms. The van der Waals surface area contributed by atoms with Gasteiger partial charge in [-0.25, -0.2) is 9.59 Å². The number of benzene rings is 2. The zero-order chi connectivity index (χ0) is 23.7. The van der Waals surface area contributed by atoms with E-state index in [1.165, 1.54) is 18.5 Å². The summed E-state index contributed by atoms with van der Waals surface area (Å²) < 4.78 is 5.60. The van der Waals surface area contributed by atoms with Crippen LogP contribution < -0.4 is 10.6 Å². The molecule has 5 rings (SSSR count). The van der Waals surface area contributed by atoms with E-state index >= 15 is 0 Å². The number of aromatic nitrogens is 1. The van der Waals surface area contributed by atoms with E-state index in [9.17, 15) is 14.4 Å². The third-order valence-corrected chi connectivity index (χ3v) is 6.57. The van der Waals surface area contributed by atoms with Gasteiger partial charge in [-0.05, 0) is 47.6 Å². The Morgan fingerprint density at radius 2 is 1.65 bits per heavy atom. The number of fused-ring (bicyclic) bond motifs is 3. The number of pyridine rings is 1. The molecule has 3 N–H and O–H groups in total. The first-order valence-electron chi connectivity index (χ1n) is 11.1. The minimum absolute atomic E-state index is 0.0371. The number of carboxylic acid groups (broad SMARTS) is 1. The molecule has 0 spiro atoms. The number of ether oxygens (including phenoxy) is 1. The number of carboxylic acids is 1. The average molecular weight is 457 g/mol. The number of amides is 2. The third kappa shape index (κ3) is 3.87. The Hall–Kier alpha value is -4.20. The molecule has 2 aliphatic carbocycles. The van der Waals surface area contributed by atoms with Crippen LogP contribution in [0.25, 0.3) is 11.1 Å². The van der Waals surface area contributed by atoms with Crippen LogP contribution >= 0.6 is 0 Å². The van der Waals surface area contributed by atoms with Crippen LogP contribution in [0.1, 0.15) is 46.7 Å². The molecule has 0 unspecified atom stereocenters. The Morgan fingerprint density at radius 3 is 2.24 bits per heavy atom. The van der Waals surface area contributed by atoms with Crippen LogP contribution in [0.4, 0.5) is 10.5 Å². The Morgan fingerprint density at radius 1 is 1.00 bits per heavy atom. The SMILES string of the molecule is O=C(NC1(C(=O)Nc2cncc(C(=O)O)c2)CCC1)OCC1c2ccccc2-c2ccccc21. The predicted molar refractivity (Wildman–Crippen MR) is 125 cm³/mol. The van der Waals surface area contributed by atoms with E-state index in [1.54, 1.807) is 0 Å². The number of nitrogens with one attached hydrogen (secondary N) is 2. The maximum absolute atomic E-state index is 13.0. The molecule has 1 aromatic heterocycles. The zero-order valence-electron chi connectivity index (χ0n) is 18.3. The molecule has 1 fully saturated rings. The summed E-state index contributed by atoms with van der Waals surface area (Å²) in [6.45, 7) is 0.155. The van der Waals surface area contributed by atoms with Gasteiger partial charge in [-0.2, -0.15) is 0 Å². The Labute approximate surface area is 196 Å². The number of aromatic carboxylic acids is 1. The Bertz CT molecular complexity index is 1240. The van der Waals surface area contributed by atoms with Crippen molar-refractivity contribution < 1.29 is 24.2 Å². The van der Waals surface area contributed by atoms with Crippen LogP contribution in [0.2, 0.25) is 0 Å². The summed E-state index contributed by atoms with van der Waals surface area (Å²) in [5, 5.41) is 14.5. The highest BCUT2D eigenvalue weighted by molar-refractivity contribution is 6.01. The molecule has 2 amide bonds. The van der Waals surface area contributed by atoms with Gasteiger partial charge in [0.2, 0.25) is 5.91 Å². The van der Waals surface area contributed by atoms with Gasteiger partial charge >= 0.3 is 12.1 Å². The standard InChI is InChI=1S/C26H23N3O5/c30-23(31)16-12-17(14-27-13-16)28-24(32)26(10-5-11-26)29-25(33)34-15-22-20-8-3-1-6-18(20)19-7-2-4-9-21(19)22/h1-4,6-9,12-14,22H,5,10-11,15H2,(H,28,32)(H,29,33)(H,30,31). The second kappa shape index (κ2) is 8.62. The highest BCUT2D eigenvalue weighted by Gasteiger charge is 2.46. The second-order valence-electron chi connectivity index (χ2n) is 8.61. The topological polar surface area (TPSA) is 118 Å². The lowest BCUT2D eigenvalue weighted by atomic mass is 9.76. The maximum atomic E-state index is 13.0. The van der Waals surface area contributed by atoms with Crippen molar-refractivity contribution in [2.45, 2.75) is 30.7 Å². The molecule has 0 atom stereocenters. The molecule has 0 saturated heterocycles. The number of rotatable bonds is 6. The number of hydrogen-bond acceptors (Lipinski definition) is 5. The monoisotopic (exact) mass is 457 g/mol. The van der Waals surface area contributed by atoms with E-state index in [4.69, 9.17) is 9.84 Å². The van der Waals surface area contributed by atoms with Gasteiger partial charge in [0, 0.05) is 12.1 Å². The van der Waals surface area contributed by atoms with Crippen molar-refractivity contribution in [2.75, 3.05) is 11.9 Å². The number of carbonyl (C=O) groups is 3. The summed E-state index contributed by atoms with van der Waals surface area (Å²) in [6.07, 6.45) is 3.62. The number of hydrogen-bond donors (Lipinski definition) is 3. The van der Waals surface area contributed by atoms with Crippen LogP contribution in [-0.4, -0.2) is 40.2 Å². The van der Waals surface area contributed by atoms with Crippen molar-refractivity contribution in [2.24, 2.45) is 0 Å². The maximum Gasteiger partial charge on any atom is 0.408 e. The molecule has 2 aromatic carbocycles. The molecule has 172 valence electrons. The van der Waals surface area contributed by atoms with Crippen molar-refractivity contribution in [3.05, 3.63) is 83.7 Å². The summed E-state index contributed by atoms with van der Waals surface area (Å²) >= 11 is 0. The van der Waals surface area contributed by atoms with Gasteiger partial charge in [-0.3, -0.25) is 9.78 Å². The lowest BCUT2D eigenvalue weighted by molar-refractivity contribution is -0.125. The predicted octanol–water partition coefficient (Wildman–Crippen LogP) is 4.18. The number of anilines is 1. The van der Waals surface area contributed by atoms with Crippen molar-refractivity contribution in [3.63, 3.8) is 0 Å². The number of nitrogens with zero attached hydrogens (tertiary/aromatic N) is 1. The highest BCUT2D eigenvalue weighted by atomic mass is 16.5. The molecule has 8 nitrogen and oxygen atoms in total. The minimum Gasteiger partial charge on any atom is -0.478 e. The quantitative estimate of drug-likeness (QED) is 0.511. The van der Waals surface area contributed by atoms with Gasteiger partial charge in [-0.1, -0.05) is 48.5 Å². The van der Waals surface area contributed by atoms with Gasteiger partial charge in [0.1, 0.15) is 12.1 Å². The number of carbonyl (C=O) groups excluding carboxylic acids is 2. The van der Waals surface area contributed by atoms with Crippen molar-refractivity contribution in [1.29, 1.82) is 0 Å². The van der Waals surface area contributed by atoms with Crippen LogP contribution in [-0.2, 0) is 9.53 Å². The largest absolute Gasteiger partial charge is 0.478 e. The molecule has 3 aromatic rings. The Kier molecular flexibility index (Phi) is 5.49. The molecule has 1 heterocycles. The lowest BCUT2D eigenvalue weighted by Crippen LogP contribution is -2.61. The molecule has 8 heteroatoms. The lowest BCUT2D eigenvalue weighted by Gasteiger charge is -2.40. The molecule has 0 radical (unpaired) electrons.